The lowest BCUT2D eigenvalue weighted by Gasteiger charge is -2.19. The molecule has 0 saturated heterocycles. The van der Waals surface area contributed by atoms with Crippen molar-refractivity contribution in [3.63, 3.8) is 0 Å². The van der Waals surface area contributed by atoms with Crippen molar-refractivity contribution in [2.75, 3.05) is 5.43 Å². The zero-order chi connectivity index (χ0) is 20.4. The number of rotatable bonds is 3. The summed E-state index contributed by atoms with van der Waals surface area (Å²) >= 11 is 0. The number of nitrogens with zero attached hydrogens (tertiary/aromatic N) is 1. The summed E-state index contributed by atoms with van der Waals surface area (Å²) in [5.41, 5.74) is 8.57. The van der Waals surface area contributed by atoms with E-state index in [1.54, 1.807) is 0 Å². The number of nitrogens with one attached hydrogen (secondary N) is 1. The summed E-state index contributed by atoms with van der Waals surface area (Å²) in [6, 6.07) is 26.7. The number of para-hydroxylation sites is 1. The third kappa shape index (κ3) is 4.24. The minimum atomic E-state index is 0.122. The van der Waals surface area contributed by atoms with Crippen molar-refractivity contribution in [3.05, 3.63) is 95.3 Å². The summed E-state index contributed by atoms with van der Waals surface area (Å²) < 4.78 is 6.23. The summed E-state index contributed by atoms with van der Waals surface area (Å²) in [4.78, 5) is 0. The Morgan fingerprint density at radius 1 is 0.828 bits per heavy atom. The van der Waals surface area contributed by atoms with E-state index in [1.165, 1.54) is 11.1 Å². The maximum atomic E-state index is 6.23. The van der Waals surface area contributed by atoms with Crippen LogP contribution in [0, 0.1) is 6.92 Å². The Kier molecular flexibility index (Phi) is 4.98. The van der Waals surface area contributed by atoms with Crippen LogP contribution in [-0.4, -0.2) is 0 Å². The van der Waals surface area contributed by atoms with Crippen LogP contribution in [0.3, 0.4) is 0 Å². The lowest BCUT2D eigenvalue weighted by molar-refractivity contribution is 0.589. The molecular weight excluding hydrogens is 356 g/mol. The smallest absolute Gasteiger partial charge is 0.136 e. The first-order chi connectivity index (χ1) is 13.9. The number of hydrogen-bond acceptors (Lipinski definition) is 3. The molecular formula is C26H26N2O. The Balaban J connectivity index is 1.83. The van der Waals surface area contributed by atoms with Gasteiger partial charge in [0.05, 0.1) is 11.0 Å². The van der Waals surface area contributed by atoms with E-state index in [-0.39, 0.29) is 5.41 Å². The van der Waals surface area contributed by atoms with Crippen molar-refractivity contribution in [1.29, 1.82) is 0 Å². The van der Waals surface area contributed by atoms with Crippen LogP contribution in [0.2, 0.25) is 0 Å². The maximum absolute atomic E-state index is 6.23. The third-order valence-corrected chi connectivity index (χ3v) is 5.01. The third-order valence-electron chi connectivity index (χ3n) is 5.01. The molecule has 29 heavy (non-hydrogen) atoms. The van der Waals surface area contributed by atoms with Crippen LogP contribution < -0.4 is 10.8 Å². The van der Waals surface area contributed by atoms with E-state index in [9.17, 15) is 0 Å². The summed E-state index contributed by atoms with van der Waals surface area (Å²) in [5.74, 6) is 0.801. The van der Waals surface area contributed by atoms with Crippen molar-refractivity contribution in [1.82, 2.24) is 0 Å². The fraction of sp³-hybridized carbons (Fsp3) is 0.192. The SMILES string of the molecule is Cc1ccc2oc(-c3ccc(C(C)(C)C)cc3)c/c(=N/Nc3ccccc3)c2c1. The number of hydrogen-bond donors (Lipinski definition) is 1. The second-order valence-electron chi connectivity index (χ2n) is 8.41. The zero-order valence-electron chi connectivity index (χ0n) is 17.4. The van der Waals surface area contributed by atoms with Crippen LogP contribution in [0.1, 0.15) is 31.9 Å². The van der Waals surface area contributed by atoms with Crippen LogP contribution in [0.25, 0.3) is 22.3 Å². The molecule has 0 aliphatic heterocycles. The predicted molar refractivity (Wildman–Crippen MR) is 121 cm³/mol. The molecule has 3 nitrogen and oxygen atoms in total. The van der Waals surface area contributed by atoms with Crippen LogP contribution >= 0.6 is 0 Å². The van der Waals surface area contributed by atoms with Gasteiger partial charge in [0, 0.05) is 17.0 Å². The van der Waals surface area contributed by atoms with Gasteiger partial charge in [0.1, 0.15) is 11.3 Å². The molecule has 0 amide bonds. The fourth-order valence-corrected chi connectivity index (χ4v) is 3.29. The molecule has 3 heteroatoms. The van der Waals surface area contributed by atoms with Crippen molar-refractivity contribution < 1.29 is 4.42 Å². The average molecular weight is 383 g/mol. The molecule has 0 fully saturated rings. The van der Waals surface area contributed by atoms with Gasteiger partial charge in [-0.05, 0) is 42.2 Å². The van der Waals surface area contributed by atoms with Crippen LogP contribution in [0.15, 0.2) is 88.4 Å². The van der Waals surface area contributed by atoms with Gasteiger partial charge in [-0.25, -0.2) is 0 Å². The van der Waals surface area contributed by atoms with E-state index in [1.807, 2.05) is 42.5 Å². The molecule has 0 radical (unpaired) electrons. The highest BCUT2D eigenvalue weighted by atomic mass is 16.3. The van der Waals surface area contributed by atoms with E-state index in [0.717, 1.165) is 33.3 Å². The van der Waals surface area contributed by atoms with Gasteiger partial charge in [-0.2, -0.15) is 5.10 Å². The van der Waals surface area contributed by atoms with Crippen LogP contribution in [-0.2, 0) is 5.41 Å². The Morgan fingerprint density at radius 3 is 2.24 bits per heavy atom. The monoisotopic (exact) mass is 382 g/mol. The van der Waals surface area contributed by atoms with E-state index < -0.39 is 0 Å². The Morgan fingerprint density at radius 2 is 1.55 bits per heavy atom. The summed E-state index contributed by atoms with van der Waals surface area (Å²) in [6.45, 7) is 8.73. The quantitative estimate of drug-likeness (QED) is 0.404. The van der Waals surface area contributed by atoms with Crippen molar-refractivity contribution in [3.8, 4) is 11.3 Å². The molecule has 0 atom stereocenters. The number of anilines is 1. The van der Waals surface area contributed by atoms with E-state index in [2.05, 4.69) is 74.6 Å². The van der Waals surface area contributed by atoms with Crippen molar-refractivity contribution in [2.45, 2.75) is 33.1 Å². The molecule has 0 unspecified atom stereocenters. The van der Waals surface area contributed by atoms with E-state index in [4.69, 9.17) is 4.42 Å². The van der Waals surface area contributed by atoms with Gasteiger partial charge in [-0.3, -0.25) is 5.43 Å². The molecule has 1 heterocycles. The molecule has 0 spiro atoms. The van der Waals surface area contributed by atoms with Gasteiger partial charge in [-0.15, -0.1) is 0 Å². The first-order valence-electron chi connectivity index (χ1n) is 9.90. The predicted octanol–water partition coefficient (Wildman–Crippen LogP) is 6.63. The molecule has 1 aromatic heterocycles. The van der Waals surface area contributed by atoms with E-state index >= 15 is 0 Å². The molecule has 0 aliphatic carbocycles. The van der Waals surface area contributed by atoms with Crippen molar-refractivity contribution >= 4 is 16.7 Å². The van der Waals surface area contributed by atoms with Gasteiger partial charge in [-0.1, -0.05) is 74.9 Å². The largest absolute Gasteiger partial charge is 0.456 e. The highest BCUT2D eigenvalue weighted by molar-refractivity contribution is 5.79. The summed E-state index contributed by atoms with van der Waals surface area (Å²) in [5, 5.41) is 6.52. The average Bonchev–Trinajstić information content (AvgIpc) is 2.72. The minimum absolute atomic E-state index is 0.122. The van der Waals surface area contributed by atoms with Crippen molar-refractivity contribution in [2.24, 2.45) is 5.10 Å². The molecule has 0 bridgehead atoms. The van der Waals surface area contributed by atoms with Gasteiger partial charge < -0.3 is 4.42 Å². The summed E-state index contributed by atoms with van der Waals surface area (Å²) in [6.07, 6.45) is 0. The lowest BCUT2D eigenvalue weighted by Crippen LogP contribution is -2.10. The molecule has 146 valence electrons. The molecule has 1 N–H and O–H groups in total. The highest BCUT2D eigenvalue weighted by Crippen LogP contribution is 2.27. The normalized spacial score (nSPS) is 12.3. The highest BCUT2D eigenvalue weighted by Gasteiger charge is 2.14. The minimum Gasteiger partial charge on any atom is -0.456 e. The maximum Gasteiger partial charge on any atom is 0.136 e. The first kappa shape index (κ1) is 19.0. The van der Waals surface area contributed by atoms with Crippen LogP contribution in [0.4, 0.5) is 5.69 Å². The second-order valence-corrected chi connectivity index (χ2v) is 8.41. The molecule has 0 saturated carbocycles. The fourth-order valence-electron chi connectivity index (χ4n) is 3.29. The van der Waals surface area contributed by atoms with E-state index in [0.29, 0.717) is 0 Å². The molecule has 3 aromatic carbocycles. The molecule has 0 aliphatic rings. The topological polar surface area (TPSA) is 37.5 Å². The lowest BCUT2D eigenvalue weighted by atomic mass is 9.86. The zero-order valence-corrected chi connectivity index (χ0v) is 17.4. The molecule has 4 aromatic rings. The van der Waals surface area contributed by atoms with Gasteiger partial charge in [0.15, 0.2) is 0 Å². The van der Waals surface area contributed by atoms with Gasteiger partial charge >= 0.3 is 0 Å². The summed E-state index contributed by atoms with van der Waals surface area (Å²) in [7, 11) is 0. The number of aryl methyl sites for hydroxylation is 1. The Bertz CT molecular complexity index is 1200. The molecule has 4 rings (SSSR count). The Labute approximate surface area is 171 Å². The first-order valence-corrected chi connectivity index (χ1v) is 9.90. The standard InChI is InChI=1S/C26H26N2O/c1-18-10-15-24-22(16-18)23(28-27-21-8-6-5-7-9-21)17-25(29-24)19-11-13-20(14-12-19)26(2,3)4/h5-17,27H,1-4H3/b28-23-. The number of benzene rings is 3. The van der Waals surface area contributed by atoms with Gasteiger partial charge in [0.2, 0.25) is 0 Å². The van der Waals surface area contributed by atoms with Crippen LogP contribution in [0.5, 0.6) is 0 Å². The van der Waals surface area contributed by atoms with Gasteiger partial charge in [0.25, 0.3) is 0 Å². The number of fused-ring (bicyclic) bond motifs is 1. The Hall–Kier alpha value is -3.33. The second kappa shape index (κ2) is 7.59.